The van der Waals surface area contributed by atoms with Gasteiger partial charge in [-0.1, -0.05) is 12.1 Å². The number of hydrogen-bond acceptors (Lipinski definition) is 4. The molecule has 0 radical (unpaired) electrons. The monoisotopic (exact) mass is 254 g/mol. The summed E-state index contributed by atoms with van der Waals surface area (Å²) in [4.78, 5) is 0. The zero-order chi connectivity index (χ0) is 13.4. The van der Waals surface area contributed by atoms with E-state index in [1.165, 1.54) is 0 Å². The molecule has 1 aromatic rings. The van der Waals surface area contributed by atoms with Crippen molar-refractivity contribution in [3.05, 3.63) is 34.4 Å². The van der Waals surface area contributed by atoms with Crippen molar-refractivity contribution in [3.8, 4) is 0 Å². The van der Waals surface area contributed by atoms with E-state index in [0.29, 0.717) is 26.4 Å². The van der Waals surface area contributed by atoms with Crippen LogP contribution in [0, 0.1) is 0 Å². The molecule has 0 aliphatic heterocycles. The van der Waals surface area contributed by atoms with Crippen molar-refractivity contribution in [2.75, 3.05) is 28.4 Å². The van der Waals surface area contributed by atoms with Gasteiger partial charge in [-0.15, -0.1) is 0 Å². The van der Waals surface area contributed by atoms with Gasteiger partial charge in [0.15, 0.2) is 0 Å². The minimum atomic E-state index is 0.572. The van der Waals surface area contributed by atoms with Crippen LogP contribution in [0.1, 0.15) is 22.3 Å². The molecule has 0 saturated heterocycles. The fourth-order valence-corrected chi connectivity index (χ4v) is 1.95. The van der Waals surface area contributed by atoms with E-state index >= 15 is 0 Å². The lowest BCUT2D eigenvalue weighted by Gasteiger charge is -2.15. The Hall–Kier alpha value is -0.940. The molecular formula is C14H22O4. The molecule has 4 nitrogen and oxygen atoms in total. The van der Waals surface area contributed by atoms with Crippen LogP contribution < -0.4 is 0 Å². The summed E-state index contributed by atoms with van der Waals surface area (Å²) in [6.45, 7) is 2.29. The van der Waals surface area contributed by atoms with Crippen molar-refractivity contribution >= 4 is 0 Å². The summed E-state index contributed by atoms with van der Waals surface area (Å²) in [7, 11) is 6.76. The second-order valence-electron chi connectivity index (χ2n) is 4.12. The summed E-state index contributed by atoms with van der Waals surface area (Å²) in [5.74, 6) is 0. The van der Waals surface area contributed by atoms with Gasteiger partial charge in [-0.3, -0.25) is 0 Å². The molecule has 0 unspecified atom stereocenters. The third-order valence-electron chi connectivity index (χ3n) is 2.72. The van der Waals surface area contributed by atoms with Crippen LogP contribution >= 0.6 is 0 Å². The van der Waals surface area contributed by atoms with E-state index < -0.39 is 0 Å². The van der Waals surface area contributed by atoms with E-state index in [2.05, 4.69) is 12.1 Å². The minimum absolute atomic E-state index is 0.572. The van der Waals surface area contributed by atoms with Crippen molar-refractivity contribution in [3.63, 3.8) is 0 Å². The molecule has 0 fully saturated rings. The maximum absolute atomic E-state index is 5.22. The van der Waals surface area contributed by atoms with Gasteiger partial charge < -0.3 is 18.9 Å². The number of rotatable bonds is 8. The number of methoxy groups -OCH3 is 4. The van der Waals surface area contributed by atoms with Crippen LogP contribution in [0.5, 0.6) is 0 Å². The van der Waals surface area contributed by atoms with Crippen LogP contribution in [-0.4, -0.2) is 28.4 Å². The average molecular weight is 254 g/mol. The molecule has 18 heavy (non-hydrogen) atoms. The smallest absolute Gasteiger partial charge is 0.0716 e. The first-order chi connectivity index (χ1) is 8.76. The van der Waals surface area contributed by atoms with Gasteiger partial charge >= 0.3 is 0 Å². The third kappa shape index (κ3) is 4.07. The molecule has 0 atom stereocenters. The quantitative estimate of drug-likeness (QED) is 0.713. The predicted molar refractivity (Wildman–Crippen MR) is 69.3 cm³/mol. The predicted octanol–water partition coefficient (Wildman–Crippen LogP) is 2.27. The van der Waals surface area contributed by atoms with E-state index in [9.17, 15) is 0 Å². The highest BCUT2D eigenvalue weighted by Crippen LogP contribution is 2.20. The fraction of sp³-hybridized carbons (Fsp3) is 0.571. The van der Waals surface area contributed by atoms with Crippen LogP contribution in [0.4, 0.5) is 0 Å². The Bertz CT molecular complexity index is 297. The maximum atomic E-state index is 5.22. The molecule has 0 bridgehead atoms. The molecule has 0 aliphatic carbocycles. The highest BCUT2D eigenvalue weighted by atomic mass is 16.5. The van der Waals surface area contributed by atoms with Crippen molar-refractivity contribution in [2.24, 2.45) is 0 Å². The van der Waals surface area contributed by atoms with Crippen LogP contribution in [-0.2, 0) is 45.4 Å². The van der Waals surface area contributed by atoms with Gasteiger partial charge in [-0.05, 0) is 22.3 Å². The Labute approximate surface area is 109 Å². The molecule has 4 heteroatoms. The molecule has 0 saturated carbocycles. The highest BCUT2D eigenvalue weighted by molar-refractivity contribution is 5.37. The standard InChI is InChI=1S/C14H22O4/c1-15-7-11-5-13(9-17-3)14(10-18-4)6-12(11)8-16-2/h5-6H,7-10H2,1-4H3. The van der Waals surface area contributed by atoms with Gasteiger partial charge in [0.25, 0.3) is 0 Å². The summed E-state index contributed by atoms with van der Waals surface area (Å²) in [6.07, 6.45) is 0. The van der Waals surface area contributed by atoms with E-state index in [-0.39, 0.29) is 0 Å². The number of hydrogen-bond donors (Lipinski definition) is 0. The largest absolute Gasteiger partial charge is 0.380 e. The Balaban J connectivity index is 3.11. The molecule has 0 aliphatic rings. The Morgan fingerprint density at radius 3 is 0.944 bits per heavy atom. The van der Waals surface area contributed by atoms with Gasteiger partial charge in [0, 0.05) is 28.4 Å². The second-order valence-corrected chi connectivity index (χ2v) is 4.12. The van der Waals surface area contributed by atoms with E-state index in [1.54, 1.807) is 28.4 Å². The fourth-order valence-electron chi connectivity index (χ4n) is 1.95. The molecule has 0 N–H and O–H groups in total. The number of ether oxygens (including phenoxy) is 4. The summed E-state index contributed by atoms with van der Waals surface area (Å²) < 4.78 is 20.9. The van der Waals surface area contributed by atoms with Gasteiger partial charge in [-0.2, -0.15) is 0 Å². The molecule has 0 heterocycles. The Kier molecular flexibility index (Phi) is 6.90. The third-order valence-corrected chi connectivity index (χ3v) is 2.72. The summed E-state index contributed by atoms with van der Waals surface area (Å²) in [5, 5.41) is 0. The molecule has 0 amide bonds. The first-order valence-electron chi connectivity index (χ1n) is 5.86. The highest BCUT2D eigenvalue weighted by Gasteiger charge is 2.10. The minimum Gasteiger partial charge on any atom is -0.380 e. The Morgan fingerprint density at radius 2 is 0.778 bits per heavy atom. The SMILES string of the molecule is COCc1cc(COC)c(COC)cc1COC. The van der Waals surface area contributed by atoms with Crippen LogP contribution in [0.3, 0.4) is 0 Å². The lowest BCUT2D eigenvalue weighted by atomic mass is 9.99. The normalized spacial score (nSPS) is 10.9. The molecule has 0 aromatic heterocycles. The zero-order valence-electron chi connectivity index (χ0n) is 11.6. The van der Waals surface area contributed by atoms with E-state index in [4.69, 9.17) is 18.9 Å². The lowest BCUT2D eigenvalue weighted by Crippen LogP contribution is -2.05. The molecule has 102 valence electrons. The van der Waals surface area contributed by atoms with Gasteiger partial charge in [0.1, 0.15) is 0 Å². The topological polar surface area (TPSA) is 36.9 Å². The molecule has 1 aromatic carbocycles. The first kappa shape index (κ1) is 15.1. The van der Waals surface area contributed by atoms with Crippen molar-refractivity contribution in [2.45, 2.75) is 26.4 Å². The van der Waals surface area contributed by atoms with Crippen molar-refractivity contribution in [1.29, 1.82) is 0 Å². The lowest BCUT2D eigenvalue weighted by molar-refractivity contribution is 0.161. The summed E-state index contributed by atoms with van der Waals surface area (Å²) >= 11 is 0. The Morgan fingerprint density at radius 1 is 0.556 bits per heavy atom. The second kappa shape index (κ2) is 8.21. The summed E-state index contributed by atoms with van der Waals surface area (Å²) in [6, 6.07) is 4.21. The van der Waals surface area contributed by atoms with Gasteiger partial charge in [0.2, 0.25) is 0 Å². The summed E-state index contributed by atoms with van der Waals surface area (Å²) in [5.41, 5.74) is 4.52. The van der Waals surface area contributed by atoms with E-state index in [0.717, 1.165) is 22.3 Å². The number of benzene rings is 1. The van der Waals surface area contributed by atoms with Crippen LogP contribution in [0.25, 0.3) is 0 Å². The first-order valence-corrected chi connectivity index (χ1v) is 5.86. The molecule has 1 rings (SSSR count). The molecular weight excluding hydrogens is 232 g/mol. The average Bonchev–Trinajstić information content (AvgIpc) is 2.35. The van der Waals surface area contributed by atoms with Crippen molar-refractivity contribution < 1.29 is 18.9 Å². The van der Waals surface area contributed by atoms with Gasteiger partial charge in [-0.25, -0.2) is 0 Å². The van der Waals surface area contributed by atoms with E-state index in [1.807, 2.05) is 0 Å². The van der Waals surface area contributed by atoms with Gasteiger partial charge in [0.05, 0.1) is 26.4 Å². The zero-order valence-corrected chi connectivity index (χ0v) is 11.6. The van der Waals surface area contributed by atoms with Crippen molar-refractivity contribution in [1.82, 2.24) is 0 Å². The maximum Gasteiger partial charge on any atom is 0.0716 e. The van der Waals surface area contributed by atoms with Crippen LogP contribution in [0.2, 0.25) is 0 Å². The molecule has 0 spiro atoms. The van der Waals surface area contributed by atoms with Crippen LogP contribution in [0.15, 0.2) is 12.1 Å².